The second kappa shape index (κ2) is 8.80. The Labute approximate surface area is 127 Å². The number of piperidine rings is 1. The fourth-order valence-corrected chi connectivity index (χ4v) is 2.78. The molecule has 0 aliphatic carbocycles. The molecular formula is C17H26N2O2. The smallest absolute Gasteiger partial charge is 0.248 e. The lowest BCUT2D eigenvalue weighted by atomic mass is 10.0. The first kappa shape index (κ1) is 16.0. The predicted octanol–water partition coefficient (Wildman–Crippen LogP) is 2.19. The maximum absolute atomic E-state index is 12.4. The molecule has 4 heteroatoms. The molecule has 0 bridgehead atoms. The molecule has 2 rings (SSSR count). The minimum Gasteiger partial charge on any atom is -0.367 e. The van der Waals surface area contributed by atoms with Crippen molar-refractivity contribution >= 4 is 5.91 Å². The summed E-state index contributed by atoms with van der Waals surface area (Å²) in [5, 5.41) is 3.35. The molecular weight excluding hydrogens is 264 g/mol. The number of nitrogens with one attached hydrogen (secondary N) is 1. The average Bonchev–Trinajstić information content (AvgIpc) is 2.54. The molecule has 1 heterocycles. The summed E-state index contributed by atoms with van der Waals surface area (Å²) in [4.78, 5) is 14.4. The normalized spacial score (nSPS) is 15.9. The molecule has 0 saturated carbocycles. The zero-order valence-electron chi connectivity index (χ0n) is 12.9. The Balaban J connectivity index is 1.80. The number of carbonyl (C=O) groups is 1. The molecule has 0 spiro atoms. The second-order valence-electron chi connectivity index (χ2n) is 5.55. The largest absolute Gasteiger partial charge is 0.367 e. The van der Waals surface area contributed by atoms with E-state index in [0.29, 0.717) is 12.6 Å². The number of nitrogens with zero attached hydrogens (tertiary/aromatic N) is 1. The molecule has 0 atom stereocenters. The molecule has 1 aromatic carbocycles. The molecule has 1 saturated heterocycles. The van der Waals surface area contributed by atoms with Gasteiger partial charge in [0.25, 0.3) is 0 Å². The lowest BCUT2D eigenvalue weighted by Gasteiger charge is -2.34. The van der Waals surface area contributed by atoms with Gasteiger partial charge in [-0.2, -0.15) is 0 Å². The number of ether oxygens (including phenoxy) is 1. The van der Waals surface area contributed by atoms with Crippen molar-refractivity contribution in [2.75, 3.05) is 26.2 Å². The third-order valence-electron chi connectivity index (χ3n) is 3.87. The van der Waals surface area contributed by atoms with Crippen LogP contribution in [0.2, 0.25) is 0 Å². The Morgan fingerprint density at radius 3 is 2.67 bits per heavy atom. The molecule has 1 aliphatic heterocycles. The Bertz CT molecular complexity index is 416. The van der Waals surface area contributed by atoms with Crippen LogP contribution < -0.4 is 5.32 Å². The number of carbonyl (C=O) groups excluding carboxylic acids is 1. The molecule has 116 valence electrons. The van der Waals surface area contributed by atoms with Crippen molar-refractivity contribution in [1.29, 1.82) is 0 Å². The zero-order chi connectivity index (χ0) is 14.9. The summed E-state index contributed by atoms with van der Waals surface area (Å²) in [6.07, 6.45) is 3.09. The standard InChI is InChI=1S/C17H26N2O2/c1-2-12-19(16-8-10-18-11-9-16)17(20)14-21-13-15-6-4-3-5-7-15/h3-7,16,18H,2,8-14H2,1H3. The summed E-state index contributed by atoms with van der Waals surface area (Å²) in [6, 6.07) is 10.4. The number of benzene rings is 1. The maximum Gasteiger partial charge on any atom is 0.248 e. The first-order chi connectivity index (χ1) is 10.3. The van der Waals surface area contributed by atoms with Gasteiger partial charge in [0.05, 0.1) is 6.61 Å². The summed E-state index contributed by atoms with van der Waals surface area (Å²) in [7, 11) is 0. The SMILES string of the molecule is CCCN(C(=O)COCc1ccccc1)C1CCNCC1. The summed E-state index contributed by atoms with van der Waals surface area (Å²) < 4.78 is 5.59. The van der Waals surface area contributed by atoms with Crippen molar-refractivity contribution in [2.24, 2.45) is 0 Å². The van der Waals surface area contributed by atoms with Gasteiger partial charge >= 0.3 is 0 Å². The summed E-state index contributed by atoms with van der Waals surface area (Å²) in [5.41, 5.74) is 1.11. The third-order valence-corrected chi connectivity index (χ3v) is 3.87. The maximum atomic E-state index is 12.4. The molecule has 0 radical (unpaired) electrons. The summed E-state index contributed by atoms with van der Waals surface area (Å²) >= 11 is 0. The molecule has 4 nitrogen and oxygen atoms in total. The van der Waals surface area contributed by atoms with Crippen LogP contribution in [0.5, 0.6) is 0 Å². The fourth-order valence-electron chi connectivity index (χ4n) is 2.78. The average molecular weight is 290 g/mol. The van der Waals surface area contributed by atoms with E-state index >= 15 is 0 Å². The summed E-state index contributed by atoms with van der Waals surface area (Å²) in [5.74, 6) is 0.125. The Hall–Kier alpha value is -1.39. The molecule has 0 aromatic heterocycles. The van der Waals surface area contributed by atoms with E-state index in [1.807, 2.05) is 35.2 Å². The minimum absolute atomic E-state index is 0.125. The van der Waals surface area contributed by atoms with Crippen LogP contribution >= 0.6 is 0 Å². The van der Waals surface area contributed by atoms with E-state index in [1.54, 1.807) is 0 Å². The Morgan fingerprint density at radius 2 is 2.00 bits per heavy atom. The first-order valence-electron chi connectivity index (χ1n) is 7.93. The Kier molecular flexibility index (Phi) is 6.70. The number of amides is 1. The van der Waals surface area contributed by atoms with Crippen molar-refractivity contribution in [3.63, 3.8) is 0 Å². The molecule has 1 aliphatic rings. The van der Waals surface area contributed by atoms with E-state index in [9.17, 15) is 4.79 Å². The van der Waals surface area contributed by atoms with Gasteiger partial charge in [-0.25, -0.2) is 0 Å². The van der Waals surface area contributed by atoms with Crippen molar-refractivity contribution in [3.05, 3.63) is 35.9 Å². The quantitative estimate of drug-likeness (QED) is 0.837. The number of hydrogen-bond donors (Lipinski definition) is 1. The van der Waals surface area contributed by atoms with Gasteiger partial charge in [-0.05, 0) is 37.9 Å². The Morgan fingerprint density at radius 1 is 1.29 bits per heavy atom. The molecule has 1 aromatic rings. The van der Waals surface area contributed by atoms with Gasteiger partial charge < -0.3 is 15.0 Å². The molecule has 1 amide bonds. The zero-order valence-corrected chi connectivity index (χ0v) is 12.9. The number of hydrogen-bond acceptors (Lipinski definition) is 3. The highest BCUT2D eigenvalue weighted by Gasteiger charge is 2.24. The van der Waals surface area contributed by atoms with Crippen molar-refractivity contribution in [3.8, 4) is 0 Å². The van der Waals surface area contributed by atoms with E-state index in [2.05, 4.69) is 12.2 Å². The molecule has 0 unspecified atom stereocenters. The van der Waals surface area contributed by atoms with Crippen LogP contribution in [-0.4, -0.2) is 43.1 Å². The van der Waals surface area contributed by atoms with Gasteiger partial charge in [0.2, 0.25) is 5.91 Å². The van der Waals surface area contributed by atoms with Gasteiger partial charge in [-0.1, -0.05) is 37.3 Å². The molecule has 1 N–H and O–H groups in total. The highest BCUT2D eigenvalue weighted by Crippen LogP contribution is 2.13. The highest BCUT2D eigenvalue weighted by atomic mass is 16.5. The van der Waals surface area contributed by atoms with Crippen molar-refractivity contribution in [1.82, 2.24) is 10.2 Å². The van der Waals surface area contributed by atoms with Gasteiger partial charge in [0.1, 0.15) is 6.61 Å². The van der Waals surface area contributed by atoms with E-state index in [-0.39, 0.29) is 12.5 Å². The van der Waals surface area contributed by atoms with Crippen LogP contribution in [0, 0.1) is 0 Å². The van der Waals surface area contributed by atoms with E-state index in [4.69, 9.17) is 4.74 Å². The highest BCUT2D eigenvalue weighted by molar-refractivity contribution is 5.77. The van der Waals surface area contributed by atoms with E-state index in [1.165, 1.54) is 0 Å². The van der Waals surface area contributed by atoms with Crippen LogP contribution in [0.1, 0.15) is 31.7 Å². The van der Waals surface area contributed by atoms with Crippen LogP contribution in [-0.2, 0) is 16.1 Å². The van der Waals surface area contributed by atoms with Crippen LogP contribution in [0.3, 0.4) is 0 Å². The van der Waals surface area contributed by atoms with Gasteiger partial charge in [0.15, 0.2) is 0 Å². The van der Waals surface area contributed by atoms with Gasteiger partial charge in [0, 0.05) is 12.6 Å². The predicted molar refractivity (Wildman–Crippen MR) is 84.0 cm³/mol. The lowest BCUT2D eigenvalue weighted by Crippen LogP contribution is -2.47. The lowest BCUT2D eigenvalue weighted by molar-refractivity contribution is -0.139. The monoisotopic (exact) mass is 290 g/mol. The summed E-state index contributed by atoms with van der Waals surface area (Å²) in [6.45, 7) is 5.63. The van der Waals surface area contributed by atoms with Crippen LogP contribution in [0.4, 0.5) is 0 Å². The van der Waals surface area contributed by atoms with Gasteiger partial charge in [-0.3, -0.25) is 4.79 Å². The van der Waals surface area contributed by atoms with Crippen LogP contribution in [0.25, 0.3) is 0 Å². The molecule has 21 heavy (non-hydrogen) atoms. The third kappa shape index (κ3) is 5.14. The fraction of sp³-hybridized carbons (Fsp3) is 0.588. The van der Waals surface area contributed by atoms with E-state index < -0.39 is 0 Å². The number of rotatable bonds is 7. The van der Waals surface area contributed by atoms with E-state index in [0.717, 1.165) is 44.5 Å². The van der Waals surface area contributed by atoms with Crippen molar-refractivity contribution < 1.29 is 9.53 Å². The van der Waals surface area contributed by atoms with Crippen molar-refractivity contribution in [2.45, 2.75) is 38.8 Å². The molecule has 1 fully saturated rings. The van der Waals surface area contributed by atoms with Gasteiger partial charge in [-0.15, -0.1) is 0 Å². The second-order valence-corrected chi connectivity index (χ2v) is 5.55. The minimum atomic E-state index is 0.125. The van der Waals surface area contributed by atoms with Crippen LogP contribution in [0.15, 0.2) is 30.3 Å². The topological polar surface area (TPSA) is 41.6 Å². The first-order valence-corrected chi connectivity index (χ1v) is 7.93.